The Labute approximate surface area is 73.4 Å². The summed E-state index contributed by atoms with van der Waals surface area (Å²) in [6, 6.07) is 0. The first-order valence-electron chi connectivity index (χ1n) is 4.00. The number of carbonyl (C=O) groups is 1. The number of allylic oxidation sites excluding steroid dienone is 2. The van der Waals surface area contributed by atoms with E-state index in [1.54, 1.807) is 6.92 Å². The normalized spacial score (nSPS) is 11.7. The number of halogens is 1. The van der Waals surface area contributed by atoms with Gasteiger partial charge in [-0.05, 0) is 13.3 Å². The second-order valence-electron chi connectivity index (χ2n) is 2.67. The molecule has 0 atom stereocenters. The zero-order chi connectivity index (χ0) is 8.69. The highest BCUT2D eigenvalue weighted by molar-refractivity contribution is 6.30. The van der Waals surface area contributed by atoms with Crippen LogP contribution in [0.25, 0.3) is 0 Å². The van der Waals surface area contributed by atoms with Gasteiger partial charge in [0.1, 0.15) is 5.78 Å². The average Bonchev–Trinajstić information content (AvgIpc) is 1.86. The van der Waals surface area contributed by atoms with Crippen LogP contribution in [0, 0.1) is 0 Å². The summed E-state index contributed by atoms with van der Waals surface area (Å²) in [7, 11) is 0. The number of carbonyl (C=O) groups excluding carboxylic acids is 1. The van der Waals surface area contributed by atoms with Gasteiger partial charge >= 0.3 is 0 Å². The molecule has 0 aliphatic heterocycles. The summed E-state index contributed by atoms with van der Waals surface area (Å²) in [6.07, 6.45) is 5.63. The topological polar surface area (TPSA) is 17.1 Å². The maximum Gasteiger partial charge on any atom is 0.135 e. The van der Waals surface area contributed by atoms with Crippen molar-refractivity contribution >= 4 is 17.4 Å². The average molecular weight is 175 g/mol. The molecule has 0 rings (SSSR count). The predicted molar refractivity (Wildman–Crippen MR) is 48.8 cm³/mol. The van der Waals surface area contributed by atoms with Crippen molar-refractivity contribution in [3.8, 4) is 0 Å². The lowest BCUT2D eigenvalue weighted by atomic mass is 10.2. The number of ketones is 1. The van der Waals surface area contributed by atoms with Crippen LogP contribution in [0.5, 0.6) is 0 Å². The number of rotatable bonds is 5. The van der Waals surface area contributed by atoms with Gasteiger partial charge in [0, 0.05) is 11.5 Å². The van der Waals surface area contributed by atoms with E-state index in [-0.39, 0.29) is 5.78 Å². The lowest BCUT2D eigenvalue weighted by Crippen LogP contribution is -1.88. The summed E-state index contributed by atoms with van der Waals surface area (Å²) in [5.74, 6) is 0.128. The first kappa shape index (κ1) is 10.7. The maximum absolute atomic E-state index is 10.6. The third-order valence-electron chi connectivity index (χ3n) is 1.34. The van der Waals surface area contributed by atoms with Crippen LogP contribution >= 0.6 is 11.6 Å². The summed E-state index contributed by atoms with van der Waals surface area (Å²) < 4.78 is 0. The monoisotopic (exact) mass is 174 g/mol. The van der Waals surface area contributed by atoms with Crippen molar-refractivity contribution in [1.82, 2.24) is 0 Å². The van der Waals surface area contributed by atoms with Gasteiger partial charge in [-0.15, -0.1) is 0 Å². The van der Waals surface area contributed by atoms with E-state index in [4.69, 9.17) is 11.6 Å². The molecule has 2 heteroatoms. The molecule has 0 radical (unpaired) electrons. The minimum Gasteiger partial charge on any atom is -0.300 e. The van der Waals surface area contributed by atoms with E-state index in [0.29, 0.717) is 11.5 Å². The van der Waals surface area contributed by atoms with Gasteiger partial charge in [-0.1, -0.05) is 37.4 Å². The molecule has 0 heterocycles. The van der Waals surface area contributed by atoms with Crippen LogP contribution in [-0.2, 0) is 4.79 Å². The fourth-order valence-corrected chi connectivity index (χ4v) is 1.07. The molecule has 0 unspecified atom stereocenters. The summed E-state index contributed by atoms with van der Waals surface area (Å²) in [5, 5.41) is 0.686. The van der Waals surface area contributed by atoms with Crippen LogP contribution < -0.4 is 0 Å². The largest absolute Gasteiger partial charge is 0.300 e. The Morgan fingerprint density at radius 3 is 2.64 bits per heavy atom. The van der Waals surface area contributed by atoms with Crippen molar-refractivity contribution in [2.75, 3.05) is 0 Å². The van der Waals surface area contributed by atoms with E-state index in [0.717, 1.165) is 12.8 Å². The standard InChI is InChI=1S/C9H15ClO/c1-3-4-5-6-9(10)7-8(2)11/h6H,3-5,7H2,1-2H3/b9-6+. The molecule has 11 heavy (non-hydrogen) atoms. The van der Waals surface area contributed by atoms with E-state index >= 15 is 0 Å². The summed E-state index contributed by atoms with van der Waals surface area (Å²) in [5.41, 5.74) is 0. The lowest BCUT2D eigenvalue weighted by molar-refractivity contribution is -0.116. The fraction of sp³-hybridized carbons (Fsp3) is 0.667. The molecule has 1 nitrogen and oxygen atoms in total. The van der Waals surface area contributed by atoms with Crippen LogP contribution in [0.3, 0.4) is 0 Å². The van der Waals surface area contributed by atoms with Crippen molar-refractivity contribution in [3.05, 3.63) is 11.1 Å². The fourth-order valence-electron chi connectivity index (χ4n) is 0.773. The van der Waals surface area contributed by atoms with Crippen LogP contribution in [0.2, 0.25) is 0 Å². The molecule has 0 bridgehead atoms. The van der Waals surface area contributed by atoms with E-state index < -0.39 is 0 Å². The minimum atomic E-state index is 0.128. The second-order valence-corrected chi connectivity index (χ2v) is 3.16. The van der Waals surface area contributed by atoms with E-state index in [2.05, 4.69) is 6.92 Å². The third-order valence-corrected chi connectivity index (χ3v) is 1.63. The molecule has 0 spiro atoms. The molecular weight excluding hydrogens is 160 g/mol. The van der Waals surface area contributed by atoms with Crippen LogP contribution in [0.4, 0.5) is 0 Å². The van der Waals surface area contributed by atoms with Crippen LogP contribution in [-0.4, -0.2) is 5.78 Å². The van der Waals surface area contributed by atoms with Crippen molar-refractivity contribution in [1.29, 1.82) is 0 Å². The van der Waals surface area contributed by atoms with E-state index in [9.17, 15) is 4.79 Å². The van der Waals surface area contributed by atoms with E-state index in [1.165, 1.54) is 6.42 Å². The molecule has 0 fully saturated rings. The molecule has 0 N–H and O–H groups in total. The van der Waals surface area contributed by atoms with Crippen molar-refractivity contribution in [2.45, 2.75) is 39.5 Å². The zero-order valence-electron chi connectivity index (χ0n) is 7.19. The van der Waals surface area contributed by atoms with E-state index in [1.807, 2.05) is 6.08 Å². The summed E-state index contributed by atoms with van der Waals surface area (Å²) >= 11 is 5.75. The predicted octanol–water partition coefficient (Wildman–Crippen LogP) is 3.28. The Hall–Kier alpha value is -0.300. The Kier molecular flexibility index (Phi) is 6.24. The first-order valence-corrected chi connectivity index (χ1v) is 4.38. The van der Waals surface area contributed by atoms with Crippen LogP contribution in [0.1, 0.15) is 39.5 Å². The molecule has 0 aromatic heterocycles. The van der Waals surface area contributed by atoms with Gasteiger partial charge in [-0.25, -0.2) is 0 Å². The molecular formula is C9H15ClO. The van der Waals surface area contributed by atoms with Gasteiger partial charge in [0.15, 0.2) is 0 Å². The van der Waals surface area contributed by atoms with Gasteiger partial charge in [-0.2, -0.15) is 0 Å². The number of unbranched alkanes of at least 4 members (excludes halogenated alkanes) is 2. The molecule has 0 saturated heterocycles. The zero-order valence-corrected chi connectivity index (χ0v) is 7.95. The molecule has 0 aliphatic carbocycles. The van der Waals surface area contributed by atoms with Crippen LogP contribution in [0.15, 0.2) is 11.1 Å². The number of hydrogen-bond acceptors (Lipinski definition) is 1. The third kappa shape index (κ3) is 7.60. The Morgan fingerprint density at radius 2 is 2.18 bits per heavy atom. The minimum absolute atomic E-state index is 0.128. The van der Waals surface area contributed by atoms with Gasteiger partial charge in [0.25, 0.3) is 0 Å². The molecule has 0 saturated carbocycles. The van der Waals surface area contributed by atoms with Gasteiger partial charge < -0.3 is 0 Å². The smallest absolute Gasteiger partial charge is 0.135 e. The van der Waals surface area contributed by atoms with Gasteiger partial charge in [0.2, 0.25) is 0 Å². The first-order chi connectivity index (χ1) is 5.16. The van der Waals surface area contributed by atoms with Gasteiger partial charge in [-0.3, -0.25) is 4.79 Å². The summed E-state index contributed by atoms with van der Waals surface area (Å²) in [6.45, 7) is 3.68. The SMILES string of the molecule is CCCC/C=C(/Cl)CC(C)=O. The molecule has 0 aromatic carbocycles. The summed E-state index contributed by atoms with van der Waals surface area (Å²) in [4.78, 5) is 10.6. The lowest BCUT2D eigenvalue weighted by Gasteiger charge is -1.93. The van der Waals surface area contributed by atoms with Crippen molar-refractivity contribution in [3.63, 3.8) is 0 Å². The quantitative estimate of drug-likeness (QED) is 0.585. The highest BCUT2D eigenvalue weighted by atomic mass is 35.5. The molecule has 0 aromatic rings. The van der Waals surface area contributed by atoms with Gasteiger partial charge in [0.05, 0.1) is 0 Å². The molecule has 0 aliphatic rings. The second kappa shape index (κ2) is 6.41. The maximum atomic E-state index is 10.6. The molecule has 64 valence electrons. The Morgan fingerprint density at radius 1 is 1.55 bits per heavy atom. The van der Waals surface area contributed by atoms with Crippen molar-refractivity contribution < 1.29 is 4.79 Å². The number of hydrogen-bond donors (Lipinski definition) is 0. The number of Topliss-reactive ketones (excluding diaryl/α,β-unsaturated/α-hetero) is 1. The highest BCUT2D eigenvalue weighted by Crippen LogP contribution is 2.10. The Balaban J connectivity index is 3.54. The Bertz CT molecular complexity index is 150. The molecule has 0 amide bonds. The highest BCUT2D eigenvalue weighted by Gasteiger charge is 1.95. The van der Waals surface area contributed by atoms with Crippen molar-refractivity contribution in [2.24, 2.45) is 0 Å².